The first-order chi connectivity index (χ1) is 10.3. The first-order valence-electron chi connectivity index (χ1n) is 6.65. The molecule has 2 aromatic carbocycles. The molecule has 2 N–H and O–H groups in total. The molecule has 1 amide bonds. The molecule has 0 unspecified atom stereocenters. The second-order valence-corrected chi connectivity index (χ2v) is 7.38. The Balaban J connectivity index is 2.19. The van der Waals surface area contributed by atoms with E-state index in [2.05, 4.69) is 0 Å². The van der Waals surface area contributed by atoms with Gasteiger partial charge in [0.1, 0.15) is 5.82 Å². The number of primary amides is 1. The molecule has 0 aliphatic rings. The van der Waals surface area contributed by atoms with E-state index >= 15 is 0 Å². The molecule has 0 aliphatic carbocycles. The zero-order valence-corrected chi connectivity index (χ0v) is 12.8. The number of carbonyl (C=O) groups excluding carboxylic acids is 1. The number of carbonyl (C=O) groups is 1. The SMILES string of the molecule is C[C@@H](c1ccc(F)cc1)S(=O)(=O)Cc1ccc(C(N)=O)cc1. The van der Waals surface area contributed by atoms with Gasteiger partial charge < -0.3 is 5.73 Å². The van der Waals surface area contributed by atoms with Crippen LogP contribution >= 0.6 is 0 Å². The van der Waals surface area contributed by atoms with E-state index in [0.717, 1.165) is 0 Å². The van der Waals surface area contributed by atoms with Gasteiger partial charge in [-0.15, -0.1) is 0 Å². The molecule has 22 heavy (non-hydrogen) atoms. The lowest BCUT2D eigenvalue weighted by molar-refractivity contribution is 0.100. The van der Waals surface area contributed by atoms with Crippen molar-refractivity contribution in [2.24, 2.45) is 5.73 Å². The summed E-state index contributed by atoms with van der Waals surface area (Å²) >= 11 is 0. The predicted octanol–water partition coefficient (Wildman–Crippen LogP) is 2.60. The van der Waals surface area contributed by atoms with Crippen LogP contribution in [-0.2, 0) is 15.6 Å². The van der Waals surface area contributed by atoms with Crippen LogP contribution in [0.3, 0.4) is 0 Å². The number of halogens is 1. The molecule has 0 aliphatic heterocycles. The smallest absolute Gasteiger partial charge is 0.248 e. The highest BCUT2D eigenvalue weighted by atomic mass is 32.2. The Morgan fingerprint density at radius 2 is 1.64 bits per heavy atom. The third kappa shape index (κ3) is 3.71. The van der Waals surface area contributed by atoms with Gasteiger partial charge in [-0.2, -0.15) is 0 Å². The van der Waals surface area contributed by atoms with E-state index in [9.17, 15) is 17.6 Å². The van der Waals surface area contributed by atoms with Crippen molar-refractivity contribution in [2.45, 2.75) is 17.9 Å². The number of benzene rings is 2. The molecule has 0 aromatic heterocycles. The van der Waals surface area contributed by atoms with Crippen LogP contribution in [0.25, 0.3) is 0 Å². The second kappa shape index (κ2) is 6.27. The van der Waals surface area contributed by atoms with Gasteiger partial charge in [-0.3, -0.25) is 4.79 Å². The molecule has 116 valence electrons. The van der Waals surface area contributed by atoms with E-state index in [4.69, 9.17) is 5.73 Å². The van der Waals surface area contributed by atoms with Crippen molar-refractivity contribution >= 4 is 15.7 Å². The standard InChI is InChI=1S/C16H16FNO3S/c1-11(13-6-8-15(17)9-7-13)22(20,21)10-12-2-4-14(5-3-12)16(18)19/h2-9,11H,10H2,1H3,(H2,18,19)/t11-/m0/s1. The van der Waals surface area contributed by atoms with Crippen LogP contribution in [0.4, 0.5) is 4.39 Å². The van der Waals surface area contributed by atoms with Crippen molar-refractivity contribution in [2.75, 3.05) is 0 Å². The molecule has 0 radical (unpaired) electrons. The minimum absolute atomic E-state index is 0.162. The van der Waals surface area contributed by atoms with Crippen LogP contribution in [0, 0.1) is 5.82 Å². The van der Waals surface area contributed by atoms with Gasteiger partial charge in [0.25, 0.3) is 0 Å². The van der Waals surface area contributed by atoms with Crippen LogP contribution in [0.1, 0.15) is 33.7 Å². The lowest BCUT2D eigenvalue weighted by Gasteiger charge is -2.13. The van der Waals surface area contributed by atoms with Crippen LogP contribution in [0.2, 0.25) is 0 Å². The molecule has 4 nitrogen and oxygen atoms in total. The summed E-state index contributed by atoms with van der Waals surface area (Å²) in [7, 11) is -3.45. The summed E-state index contributed by atoms with van der Waals surface area (Å²) in [6.45, 7) is 1.57. The first-order valence-corrected chi connectivity index (χ1v) is 8.37. The third-order valence-electron chi connectivity index (χ3n) is 3.48. The van der Waals surface area contributed by atoms with Gasteiger partial charge in [0.05, 0.1) is 11.0 Å². The Bertz CT molecular complexity index is 768. The second-order valence-electron chi connectivity index (χ2n) is 5.06. The van der Waals surface area contributed by atoms with Crippen LogP contribution in [-0.4, -0.2) is 14.3 Å². The third-order valence-corrected chi connectivity index (χ3v) is 5.57. The number of hydrogen-bond donors (Lipinski definition) is 1. The topological polar surface area (TPSA) is 77.2 Å². The maximum Gasteiger partial charge on any atom is 0.248 e. The van der Waals surface area contributed by atoms with Crippen LogP contribution in [0.5, 0.6) is 0 Å². The Hall–Kier alpha value is -2.21. The molecule has 6 heteroatoms. The molecule has 2 aromatic rings. The minimum Gasteiger partial charge on any atom is -0.366 e. The van der Waals surface area contributed by atoms with Gasteiger partial charge in [0.15, 0.2) is 9.84 Å². The molecule has 0 heterocycles. The Labute approximate surface area is 128 Å². The van der Waals surface area contributed by atoms with Crippen molar-refractivity contribution in [1.82, 2.24) is 0 Å². The van der Waals surface area contributed by atoms with Crippen molar-refractivity contribution in [3.8, 4) is 0 Å². The van der Waals surface area contributed by atoms with Crippen LogP contribution < -0.4 is 5.73 Å². The van der Waals surface area contributed by atoms with E-state index in [1.54, 1.807) is 19.1 Å². The van der Waals surface area contributed by atoms with Crippen molar-refractivity contribution in [3.05, 3.63) is 71.0 Å². The fraction of sp³-hybridized carbons (Fsp3) is 0.188. The highest BCUT2D eigenvalue weighted by Crippen LogP contribution is 2.25. The molecule has 0 spiro atoms. The van der Waals surface area contributed by atoms with Crippen molar-refractivity contribution in [1.29, 1.82) is 0 Å². The summed E-state index contributed by atoms with van der Waals surface area (Å²) in [6, 6.07) is 11.5. The minimum atomic E-state index is -3.45. The maximum absolute atomic E-state index is 12.9. The van der Waals surface area contributed by atoms with Gasteiger partial charge in [-0.05, 0) is 42.3 Å². The summed E-state index contributed by atoms with van der Waals surface area (Å²) in [6.07, 6.45) is 0. The monoisotopic (exact) mass is 321 g/mol. The number of nitrogens with two attached hydrogens (primary N) is 1. The zero-order chi connectivity index (χ0) is 16.3. The van der Waals surface area contributed by atoms with Gasteiger partial charge in [0, 0.05) is 5.56 Å². The Kier molecular flexibility index (Phi) is 4.61. The quantitative estimate of drug-likeness (QED) is 0.919. The molecule has 0 saturated carbocycles. The summed E-state index contributed by atoms with van der Waals surface area (Å²) < 4.78 is 37.7. The van der Waals surface area contributed by atoms with Gasteiger partial charge in [-0.25, -0.2) is 12.8 Å². The summed E-state index contributed by atoms with van der Waals surface area (Å²) in [5, 5.41) is -0.746. The highest BCUT2D eigenvalue weighted by Gasteiger charge is 2.23. The van der Waals surface area contributed by atoms with Gasteiger partial charge in [-0.1, -0.05) is 24.3 Å². The van der Waals surface area contributed by atoms with E-state index < -0.39 is 26.8 Å². The number of amides is 1. The largest absolute Gasteiger partial charge is 0.366 e. The van der Waals surface area contributed by atoms with E-state index in [0.29, 0.717) is 16.7 Å². The number of hydrogen-bond acceptors (Lipinski definition) is 3. The molecule has 0 saturated heterocycles. The average Bonchev–Trinajstić information content (AvgIpc) is 2.47. The first kappa shape index (κ1) is 16.2. The highest BCUT2D eigenvalue weighted by molar-refractivity contribution is 7.90. The molecule has 0 fully saturated rings. The molecule has 0 bridgehead atoms. The van der Waals surface area contributed by atoms with Crippen molar-refractivity contribution < 1.29 is 17.6 Å². The summed E-state index contributed by atoms with van der Waals surface area (Å²) in [5.74, 6) is -1.13. The number of sulfone groups is 1. The van der Waals surface area contributed by atoms with Gasteiger partial charge in [0.2, 0.25) is 5.91 Å². The van der Waals surface area contributed by atoms with Crippen LogP contribution in [0.15, 0.2) is 48.5 Å². The molecular formula is C16H16FNO3S. The average molecular weight is 321 g/mol. The Morgan fingerprint density at radius 3 is 2.14 bits per heavy atom. The number of rotatable bonds is 5. The lowest BCUT2D eigenvalue weighted by Crippen LogP contribution is -2.14. The van der Waals surface area contributed by atoms with Crippen molar-refractivity contribution in [3.63, 3.8) is 0 Å². The van der Waals surface area contributed by atoms with E-state index in [1.807, 2.05) is 0 Å². The summed E-state index contributed by atoms with van der Waals surface area (Å²) in [4.78, 5) is 11.0. The molecular weight excluding hydrogens is 305 g/mol. The Morgan fingerprint density at radius 1 is 1.09 bits per heavy atom. The van der Waals surface area contributed by atoms with E-state index in [-0.39, 0.29) is 5.75 Å². The normalized spacial score (nSPS) is 12.8. The molecule has 2 rings (SSSR count). The fourth-order valence-electron chi connectivity index (χ4n) is 2.06. The molecule has 1 atom stereocenters. The van der Waals surface area contributed by atoms with E-state index in [1.165, 1.54) is 36.4 Å². The fourth-order valence-corrected chi connectivity index (χ4v) is 3.54. The van der Waals surface area contributed by atoms with Gasteiger partial charge >= 0.3 is 0 Å². The predicted molar refractivity (Wildman–Crippen MR) is 82.4 cm³/mol. The maximum atomic E-state index is 12.9. The zero-order valence-electron chi connectivity index (χ0n) is 12.0. The lowest BCUT2D eigenvalue weighted by atomic mass is 10.1. The summed E-state index contributed by atoms with van der Waals surface area (Å²) in [5.41, 5.74) is 6.57.